The van der Waals surface area contributed by atoms with Gasteiger partial charge in [-0.25, -0.2) is 9.97 Å². The molecule has 122 valence electrons. The van der Waals surface area contributed by atoms with Gasteiger partial charge < -0.3 is 16.2 Å². The molecule has 6 nitrogen and oxygen atoms in total. The van der Waals surface area contributed by atoms with Crippen LogP contribution in [-0.4, -0.2) is 34.1 Å². The Morgan fingerprint density at radius 3 is 2.75 bits per heavy atom. The summed E-state index contributed by atoms with van der Waals surface area (Å²) >= 11 is 0. The van der Waals surface area contributed by atoms with Gasteiger partial charge in [-0.2, -0.15) is 0 Å². The maximum Gasteiger partial charge on any atom is 0.273 e. The molecule has 2 aromatic carbocycles. The fourth-order valence-corrected chi connectivity index (χ4v) is 2.42. The molecular weight excluding hydrogens is 304 g/mol. The molecule has 0 unspecified atom stereocenters. The number of anilines is 1. The number of aliphatic hydroxyl groups excluding tert-OH is 1. The van der Waals surface area contributed by atoms with Gasteiger partial charge in [0.05, 0.1) is 11.9 Å². The van der Waals surface area contributed by atoms with E-state index in [0.29, 0.717) is 18.7 Å². The van der Waals surface area contributed by atoms with Gasteiger partial charge in [0.1, 0.15) is 0 Å². The van der Waals surface area contributed by atoms with Crippen molar-refractivity contribution in [1.29, 1.82) is 0 Å². The lowest BCUT2D eigenvalue weighted by Gasteiger charge is -2.08. The van der Waals surface area contributed by atoms with E-state index in [2.05, 4.69) is 15.3 Å². The zero-order valence-corrected chi connectivity index (χ0v) is 13.1. The number of aromatic nitrogens is 2. The lowest BCUT2D eigenvalue weighted by molar-refractivity contribution is 0.0947. The van der Waals surface area contributed by atoms with Crippen LogP contribution in [0.25, 0.3) is 22.0 Å². The van der Waals surface area contributed by atoms with Gasteiger partial charge in [0, 0.05) is 18.7 Å². The number of nitrogens with zero attached hydrogens (tertiary/aromatic N) is 2. The number of carbonyl (C=O) groups is 1. The molecule has 0 aliphatic carbocycles. The maximum atomic E-state index is 12.2. The summed E-state index contributed by atoms with van der Waals surface area (Å²) in [5.41, 5.74) is 7.33. The smallest absolute Gasteiger partial charge is 0.273 e. The van der Waals surface area contributed by atoms with Crippen molar-refractivity contribution in [1.82, 2.24) is 15.3 Å². The van der Waals surface area contributed by atoms with Crippen molar-refractivity contribution >= 4 is 22.5 Å². The molecule has 1 amide bonds. The van der Waals surface area contributed by atoms with E-state index < -0.39 is 5.91 Å². The Bertz CT molecular complexity index is 880. The van der Waals surface area contributed by atoms with Crippen molar-refractivity contribution in [2.24, 2.45) is 0 Å². The van der Waals surface area contributed by atoms with Crippen LogP contribution >= 0.6 is 0 Å². The predicted octanol–water partition coefficient (Wildman–Crippen LogP) is 1.99. The minimum absolute atomic E-state index is 0.0125. The summed E-state index contributed by atoms with van der Waals surface area (Å²) in [5, 5.41) is 13.7. The molecule has 0 saturated heterocycles. The van der Waals surface area contributed by atoms with Crippen LogP contribution in [0.3, 0.4) is 0 Å². The lowest BCUT2D eigenvalue weighted by Crippen LogP contribution is -2.27. The van der Waals surface area contributed by atoms with E-state index in [-0.39, 0.29) is 18.1 Å². The predicted molar refractivity (Wildman–Crippen MR) is 93.4 cm³/mol. The maximum absolute atomic E-state index is 12.2. The average Bonchev–Trinajstić information content (AvgIpc) is 2.62. The summed E-state index contributed by atoms with van der Waals surface area (Å²) in [5.74, 6) is -0.308. The van der Waals surface area contributed by atoms with E-state index in [1.165, 1.54) is 0 Å². The van der Waals surface area contributed by atoms with E-state index >= 15 is 0 Å². The van der Waals surface area contributed by atoms with Crippen molar-refractivity contribution in [3.05, 3.63) is 54.4 Å². The zero-order valence-electron chi connectivity index (χ0n) is 13.1. The van der Waals surface area contributed by atoms with Gasteiger partial charge in [0.2, 0.25) is 0 Å². The summed E-state index contributed by atoms with van der Waals surface area (Å²) in [4.78, 5) is 20.6. The minimum Gasteiger partial charge on any atom is -0.396 e. The van der Waals surface area contributed by atoms with E-state index in [9.17, 15) is 4.79 Å². The number of amides is 1. The SMILES string of the molecule is Nc1ncc(-c2ccc3ccccc3c2)nc1C(=O)NCCCO. The normalized spacial score (nSPS) is 10.7. The molecule has 0 fully saturated rings. The highest BCUT2D eigenvalue weighted by Gasteiger charge is 2.14. The van der Waals surface area contributed by atoms with Gasteiger partial charge in [-0.05, 0) is 23.3 Å². The van der Waals surface area contributed by atoms with Gasteiger partial charge in [-0.3, -0.25) is 4.79 Å². The Hall–Kier alpha value is -2.99. The number of benzene rings is 2. The van der Waals surface area contributed by atoms with Crippen LogP contribution in [0, 0.1) is 0 Å². The third-order valence-corrected chi connectivity index (χ3v) is 3.68. The van der Waals surface area contributed by atoms with Gasteiger partial charge in [0.25, 0.3) is 5.91 Å². The Morgan fingerprint density at radius 1 is 1.17 bits per heavy atom. The standard InChI is InChI=1S/C18H18N4O2/c19-17-16(18(24)20-8-3-9-23)22-15(11-21-17)14-7-6-12-4-1-2-5-13(12)10-14/h1-2,4-7,10-11,23H,3,8-9H2,(H2,19,21)(H,20,24). The fraction of sp³-hybridized carbons (Fsp3) is 0.167. The number of fused-ring (bicyclic) bond motifs is 1. The Morgan fingerprint density at radius 2 is 1.96 bits per heavy atom. The quantitative estimate of drug-likeness (QED) is 0.624. The Balaban J connectivity index is 1.93. The molecule has 0 spiro atoms. The zero-order chi connectivity index (χ0) is 16.9. The topological polar surface area (TPSA) is 101 Å². The van der Waals surface area contributed by atoms with E-state index in [0.717, 1.165) is 16.3 Å². The molecule has 6 heteroatoms. The molecule has 24 heavy (non-hydrogen) atoms. The molecule has 0 aliphatic heterocycles. The number of carbonyl (C=O) groups excluding carboxylic acids is 1. The van der Waals surface area contributed by atoms with Gasteiger partial charge >= 0.3 is 0 Å². The first-order valence-corrected chi connectivity index (χ1v) is 7.70. The second-order valence-electron chi connectivity index (χ2n) is 5.38. The molecular formula is C18H18N4O2. The molecule has 3 aromatic rings. The highest BCUT2D eigenvalue weighted by atomic mass is 16.3. The second kappa shape index (κ2) is 7.06. The third-order valence-electron chi connectivity index (χ3n) is 3.68. The van der Waals surface area contributed by atoms with Crippen LogP contribution in [0.4, 0.5) is 5.82 Å². The number of aliphatic hydroxyl groups is 1. The molecule has 0 atom stereocenters. The van der Waals surface area contributed by atoms with Crippen LogP contribution in [0.5, 0.6) is 0 Å². The summed E-state index contributed by atoms with van der Waals surface area (Å²) in [6.45, 7) is 0.370. The van der Waals surface area contributed by atoms with E-state index in [1.54, 1.807) is 6.20 Å². The summed E-state index contributed by atoms with van der Waals surface area (Å²) in [7, 11) is 0. The third kappa shape index (κ3) is 3.33. The van der Waals surface area contributed by atoms with Crippen LogP contribution in [-0.2, 0) is 0 Å². The fourth-order valence-electron chi connectivity index (χ4n) is 2.42. The first kappa shape index (κ1) is 15.9. The molecule has 1 heterocycles. The number of hydrogen-bond donors (Lipinski definition) is 3. The van der Waals surface area contributed by atoms with Crippen LogP contribution in [0.1, 0.15) is 16.9 Å². The summed E-state index contributed by atoms with van der Waals surface area (Å²) < 4.78 is 0. The molecule has 0 bridgehead atoms. The minimum atomic E-state index is -0.393. The molecule has 3 rings (SSSR count). The average molecular weight is 322 g/mol. The number of nitrogens with two attached hydrogens (primary N) is 1. The molecule has 4 N–H and O–H groups in total. The van der Waals surface area contributed by atoms with Gasteiger partial charge in [-0.1, -0.05) is 36.4 Å². The molecule has 1 aromatic heterocycles. The van der Waals surface area contributed by atoms with Crippen molar-refractivity contribution < 1.29 is 9.90 Å². The van der Waals surface area contributed by atoms with Crippen LogP contribution in [0.15, 0.2) is 48.7 Å². The number of rotatable bonds is 5. The van der Waals surface area contributed by atoms with Crippen molar-refractivity contribution in [2.75, 3.05) is 18.9 Å². The summed E-state index contributed by atoms with van der Waals surface area (Å²) in [6.07, 6.45) is 2.04. The highest BCUT2D eigenvalue weighted by Crippen LogP contribution is 2.23. The molecule has 0 saturated carbocycles. The van der Waals surface area contributed by atoms with E-state index in [1.807, 2.05) is 42.5 Å². The van der Waals surface area contributed by atoms with Gasteiger partial charge in [-0.15, -0.1) is 0 Å². The lowest BCUT2D eigenvalue weighted by atomic mass is 10.1. The number of nitrogen functional groups attached to an aromatic ring is 1. The Labute approximate surface area is 139 Å². The van der Waals surface area contributed by atoms with Crippen LogP contribution < -0.4 is 11.1 Å². The summed E-state index contributed by atoms with van der Waals surface area (Å²) in [6, 6.07) is 14.0. The van der Waals surface area contributed by atoms with Crippen LogP contribution in [0.2, 0.25) is 0 Å². The molecule has 0 aliphatic rings. The van der Waals surface area contributed by atoms with Crippen molar-refractivity contribution in [3.63, 3.8) is 0 Å². The van der Waals surface area contributed by atoms with Crippen molar-refractivity contribution in [2.45, 2.75) is 6.42 Å². The van der Waals surface area contributed by atoms with E-state index in [4.69, 9.17) is 10.8 Å². The molecule has 0 radical (unpaired) electrons. The first-order chi connectivity index (χ1) is 11.7. The first-order valence-electron chi connectivity index (χ1n) is 7.70. The largest absolute Gasteiger partial charge is 0.396 e. The number of nitrogens with one attached hydrogen (secondary N) is 1. The monoisotopic (exact) mass is 322 g/mol. The Kier molecular flexibility index (Phi) is 4.67. The second-order valence-corrected chi connectivity index (χ2v) is 5.38. The highest BCUT2D eigenvalue weighted by molar-refractivity contribution is 5.97. The van der Waals surface area contributed by atoms with Gasteiger partial charge in [0.15, 0.2) is 11.5 Å². The number of hydrogen-bond acceptors (Lipinski definition) is 5. The van der Waals surface area contributed by atoms with Crippen molar-refractivity contribution in [3.8, 4) is 11.3 Å².